The molecule has 3 unspecified atom stereocenters. The van der Waals surface area contributed by atoms with Gasteiger partial charge in [0, 0.05) is 0 Å². The third kappa shape index (κ3) is 4.42. The molecule has 4 nitrogen and oxygen atoms in total. The fourth-order valence-electron chi connectivity index (χ4n) is 2.82. The normalized spacial score (nSPS) is 27.1. The molecule has 24 heavy (non-hydrogen) atoms. The van der Waals surface area contributed by atoms with Gasteiger partial charge in [0.05, 0.1) is 25.9 Å². The summed E-state index contributed by atoms with van der Waals surface area (Å²) in [6.07, 6.45) is -1.66. The summed E-state index contributed by atoms with van der Waals surface area (Å²) in [6.45, 7) is 3.20. The second-order valence-corrected chi connectivity index (χ2v) is 6.13. The van der Waals surface area contributed by atoms with Crippen LogP contribution in [0.2, 0.25) is 0 Å². The minimum absolute atomic E-state index is 0.262. The smallest absolute Gasteiger partial charge is 0.115 e. The fourth-order valence-corrected chi connectivity index (χ4v) is 2.82. The van der Waals surface area contributed by atoms with E-state index in [-0.39, 0.29) is 12.2 Å². The summed E-state index contributed by atoms with van der Waals surface area (Å²) in [5, 5.41) is 10.5. The molecule has 0 amide bonds. The van der Waals surface area contributed by atoms with Crippen molar-refractivity contribution in [3.05, 3.63) is 71.8 Å². The van der Waals surface area contributed by atoms with Gasteiger partial charge in [-0.05, 0) is 18.1 Å². The molecule has 1 heterocycles. The van der Waals surface area contributed by atoms with Crippen molar-refractivity contribution in [1.82, 2.24) is 0 Å². The molecule has 1 N–H and O–H groups in total. The number of aliphatic hydroxyl groups excluding tert-OH is 1. The molecule has 4 atom stereocenters. The summed E-state index contributed by atoms with van der Waals surface area (Å²) >= 11 is 0. The van der Waals surface area contributed by atoms with Gasteiger partial charge in [0.25, 0.3) is 0 Å². The largest absolute Gasteiger partial charge is 0.388 e. The number of hydrogen-bond donors (Lipinski definition) is 1. The van der Waals surface area contributed by atoms with Crippen molar-refractivity contribution < 1.29 is 19.3 Å². The lowest BCUT2D eigenvalue weighted by molar-refractivity contribution is -0.218. The fraction of sp³-hybridized carbons (Fsp3) is 0.400. The van der Waals surface area contributed by atoms with E-state index < -0.39 is 12.2 Å². The maximum atomic E-state index is 10.5. The maximum absolute atomic E-state index is 10.5. The highest BCUT2D eigenvalue weighted by atomic mass is 16.6. The van der Waals surface area contributed by atoms with Crippen LogP contribution in [0.4, 0.5) is 0 Å². The summed E-state index contributed by atoms with van der Waals surface area (Å²) in [7, 11) is 0. The van der Waals surface area contributed by atoms with Gasteiger partial charge in [-0.1, -0.05) is 60.7 Å². The van der Waals surface area contributed by atoms with Crippen LogP contribution in [0.3, 0.4) is 0 Å². The number of ether oxygens (including phenoxy) is 3. The van der Waals surface area contributed by atoms with Crippen molar-refractivity contribution in [2.24, 2.45) is 0 Å². The Balaban J connectivity index is 1.61. The summed E-state index contributed by atoms with van der Waals surface area (Å²) in [5.41, 5.74) is 2.16. The van der Waals surface area contributed by atoms with E-state index in [0.29, 0.717) is 19.8 Å². The predicted octanol–water partition coefficient (Wildman–Crippen LogP) is 2.94. The number of aliphatic hydroxyl groups is 1. The Morgan fingerprint density at radius 1 is 0.917 bits per heavy atom. The van der Waals surface area contributed by atoms with Crippen LogP contribution < -0.4 is 0 Å². The topological polar surface area (TPSA) is 47.9 Å². The molecule has 0 spiro atoms. The van der Waals surface area contributed by atoms with Crippen LogP contribution in [0.25, 0.3) is 0 Å². The van der Waals surface area contributed by atoms with Crippen molar-refractivity contribution in [1.29, 1.82) is 0 Å². The standard InChI is InChI=1S/C20H24O4/c1-15-19(21)20(24-13-17-10-6-3-7-11-17)18(14-22-15)23-12-16-8-4-2-5-9-16/h2-11,15,18-21H,12-14H2,1H3/t15?,18?,19-,20?/m1/s1. The monoisotopic (exact) mass is 328 g/mol. The van der Waals surface area contributed by atoms with E-state index in [4.69, 9.17) is 14.2 Å². The van der Waals surface area contributed by atoms with Gasteiger partial charge in [-0.15, -0.1) is 0 Å². The summed E-state index contributed by atoms with van der Waals surface area (Å²) in [4.78, 5) is 0. The van der Waals surface area contributed by atoms with E-state index in [1.54, 1.807) is 0 Å². The molecular formula is C20H24O4. The van der Waals surface area contributed by atoms with Crippen LogP contribution in [0.15, 0.2) is 60.7 Å². The van der Waals surface area contributed by atoms with E-state index in [9.17, 15) is 5.11 Å². The van der Waals surface area contributed by atoms with E-state index >= 15 is 0 Å². The molecule has 0 bridgehead atoms. The summed E-state index contributed by atoms with van der Waals surface area (Å²) in [5.74, 6) is 0. The van der Waals surface area contributed by atoms with E-state index in [2.05, 4.69) is 0 Å². The first-order valence-electron chi connectivity index (χ1n) is 8.35. The molecule has 2 aromatic carbocycles. The third-order valence-corrected chi connectivity index (χ3v) is 4.30. The van der Waals surface area contributed by atoms with Crippen molar-refractivity contribution in [3.63, 3.8) is 0 Å². The second-order valence-electron chi connectivity index (χ2n) is 6.13. The summed E-state index contributed by atoms with van der Waals surface area (Å²) < 4.78 is 17.6. The molecule has 128 valence electrons. The molecular weight excluding hydrogens is 304 g/mol. The van der Waals surface area contributed by atoms with Crippen molar-refractivity contribution in [2.45, 2.75) is 44.6 Å². The third-order valence-electron chi connectivity index (χ3n) is 4.30. The van der Waals surface area contributed by atoms with Gasteiger partial charge in [-0.25, -0.2) is 0 Å². The van der Waals surface area contributed by atoms with E-state index in [1.807, 2.05) is 67.6 Å². The Kier molecular flexibility index (Phi) is 5.99. The van der Waals surface area contributed by atoms with Crippen LogP contribution in [-0.2, 0) is 27.4 Å². The molecule has 1 aliphatic heterocycles. The van der Waals surface area contributed by atoms with Gasteiger partial charge in [0.15, 0.2) is 0 Å². The molecule has 0 aliphatic carbocycles. The average Bonchev–Trinajstić information content (AvgIpc) is 2.63. The molecule has 4 heteroatoms. The molecule has 0 aromatic heterocycles. The predicted molar refractivity (Wildman–Crippen MR) is 91.5 cm³/mol. The van der Waals surface area contributed by atoms with Crippen molar-refractivity contribution in [3.8, 4) is 0 Å². The van der Waals surface area contributed by atoms with Gasteiger partial charge in [-0.2, -0.15) is 0 Å². The Bertz CT molecular complexity index is 602. The zero-order chi connectivity index (χ0) is 16.8. The quantitative estimate of drug-likeness (QED) is 0.886. The molecule has 1 saturated heterocycles. The number of benzene rings is 2. The Morgan fingerprint density at radius 2 is 1.46 bits per heavy atom. The minimum Gasteiger partial charge on any atom is -0.388 e. The molecule has 1 aliphatic rings. The van der Waals surface area contributed by atoms with Gasteiger partial charge in [0.2, 0.25) is 0 Å². The van der Waals surface area contributed by atoms with Crippen molar-refractivity contribution in [2.75, 3.05) is 6.61 Å². The minimum atomic E-state index is -0.705. The van der Waals surface area contributed by atoms with Crippen LogP contribution >= 0.6 is 0 Å². The zero-order valence-electron chi connectivity index (χ0n) is 13.9. The first-order chi connectivity index (χ1) is 11.7. The first kappa shape index (κ1) is 17.1. The van der Waals surface area contributed by atoms with Gasteiger partial charge in [-0.3, -0.25) is 0 Å². The lowest BCUT2D eigenvalue weighted by atomic mass is 10.0. The van der Waals surface area contributed by atoms with Gasteiger partial charge < -0.3 is 19.3 Å². The maximum Gasteiger partial charge on any atom is 0.115 e. The highest BCUT2D eigenvalue weighted by Gasteiger charge is 2.39. The summed E-state index contributed by atoms with van der Waals surface area (Å²) in [6, 6.07) is 19.9. The van der Waals surface area contributed by atoms with E-state index in [1.165, 1.54) is 0 Å². The molecule has 2 aromatic rings. The molecule has 3 rings (SSSR count). The number of hydrogen-bond acceptors (Lipinski definition) is 4. The molecule has 1 fully saturated rings. The van der Waals surface area contributed by atoms with Gasteiger partial charge in [0.1, 0.15) is 18.3 Å². The van der Waals surface area contributed by atoms with Crippen LogP contribution in [0.5, 0.6) is 0 Å². The first-order valence-corrected chi connectivity index (χ1v) is 8.35. The Hall–Kier alpha value is -1.72. The van der Waals surface area contributed by atoms with Crippen LogP contribution in [-0.4, -0.2) is 36.1 Å². The van der Waals surface area contributed by atoms with Crippen LogP contribution in [0.1, 0.15) is 18.1 Å². The number of rotatable bonds is 6. The lowest BCUT2D eigenvalue weighted by Gasteiger charge is -2.38. The average molecular weight is 328 g/mol. The van der Waals surface area contributed by atoms with Crippen molar-refractivity contribution >= 4 is 0 Å². The Morgan fingerprint density at radius 3 is 2.04 bits per heavy atom. The molecule has 0 radical (unpaired) electrons. The lowest BCUT2D eigenvalue weighted by Crippen LogP contribution is -2.54. The highest BCUT2D eigenvalue weighted by Crippen LogP contribution is 2.23. The zero-order valence-corrected chi connectivity index (χ0v) is 13.9. The van der Waals surface area contributed by atoms with Crippen LogP contribution in [0, 0.1) is 0 Å². The Labute approximate surface area is 143 Å². The SMILES string of the molecule is CC1OCC(OCc2ccccc2)C(OCc2ccccc2)[C@@H]1O. The molecule has 0 saturated carbocycles. The van der Waals surface area contributed by atoms with Gasteiger partial charge >= 0.3 is 0 Å². The second kappa shape index (κ2) is 8.40. The highest BCUT2D eigenvalue weighted by molar-refractivity contribution is 5.14. The van der Waals surface area contributed by atoms with E-state index in [0.717, 1.165) is 11.1 Å².